The number of amides is 2. The molecular formula is C8H13N3O2S. The third kappa shape index (κ3) is 3.71. The molecule has 1 heterocycles. The lowest BCUT2D eigenvalue weighted by Gasteiger charge is -2.12. The summed E-state index contributed by atoms with van der Waals surface area (Å²) in [7, 11) is 1.59. The van der Waals surface area contributed by atoms with Crippen LogP contribution in [0, 0.1) is 0 Å². The monoisotopic (exact) mass is 215 g/mol. The van der Waals surface area contributed by atoms with Gasteiger partial charge < -0.3 is 10.1 Å². The minimum Gasteiger partial charge on any atom is -0.383 e. The van der Waals surface area contributed by atoms with Gasteiger partial charge in [-0.2, -0.15) is 0 Å². The van der Waals surface area contributed by atoms with E-state index in [-0.39, 0.29) is 12.1 Å². The number of ether oxygens (including phenoxy) is 1. The van der Waals surface area contributed by atoms with Gasteiger partial charge in [-0.05, 0) is 6.92 Å². The van der Waals surface area contributed by atoms with Crippen LogP contribution < -0.4 is 10.6 Å². The van der Waals surface area contributed by atoms with Gasteiger partial charge in [0.25, 0.3) is 0 Å². The fourth-order valence-corrected chi connectivity index (χ4v) is 1.46. The van der Waals surface area contributed by atoms with Crippen LogP contribution in [0.4, 0.5) is 9.93 Å². The summed E-state index contributed by atoms with van der Waals surface area (Å²) in [6, 6.07) is -0.274. The summed E-state index contributed by atoms with van der Waals surface area (Å²) in [6.07, 6.45) is 1.64. The van der Waals surface area contributed by atoms with Gasteiger partial charge in [0, 0.05) is 18.7 Å². The standard InChI is InChI=1S/C8H13N3O2S/c1-6(5-13-2)10-7(12)11-8-9-3-4-14-8/h3-4,6H,5H2,1-2H3,(H2,9,10,11,12)/t6-/m1/s1. The van der Waals surface area contributed by atoms with Crippen molar-refractivity contribution in [2.45, 2.75) is 13.0 Å². The number of hydrogen-bond donors (Lipinski definition) is 2. The van der Waals surface area contributed by atoms with Gasteiger partial charge >= 0.3 is 6.03 Å². The van der Waals surface area contributed by atoms with Gasteiger partial charge in [-0.3, -0.25) is 5.32 Å². The van der Waals surface area contributed by atoms with E-state index in [0.29, 0.717) is 11.7 Å². The molecule has 0 spiro atoms. The number of methoxy groups -OCH3 is 1. The van der Waals surface area contributed by atoms with Crippen LogP contribution in [0.2, 0.25) is 0 Å². The molecule has 0 radical (unpaired) electrons. The van der Waals surface area contributed by atoms with Gasteiger partial charge in [-0.25, -0.2) is 9.78 Å². The van der Waals surface area contributed by atoms with Gasteiger partial charge in [-0.15, -0.1) is 11.3 Å². The van der Waals surface area contributed by atoms with Crippen molar-refractivity contribution >= 4 is 22.5 Å². The van der Waals surface area contributed by atoms with Crippen molar-refractivity contribution in [3.63, 3.8) is 0 Å². The Morgan fingerprint density at radius 2 is 2.57 bits per heavy atom. The number of aromatic nitrogens is 1. The average molecular weight is 215 g/mol. The van der Waals surface area contributed by atoms with E-state index >= 15 is 0 Å². The SMILES string of the molecule is COC[C@@H](C)NC(=O)Nc1nccs1. The Bertz CT molecular complexity index is 276. The summed E-state index contributed by atoms with van der Waals surface area (Å²) in [5.74, 6) is 0. The Morgan fingerprint density at radius 3 is 3.14 bits per heavy atom. The minimum atomic E-state index is -0.260. The number of rotatable bonds is 4. The van der Waals surface area contributed by atoms with E-state index in [9.17, 15) is 4.79 Å². The summed E-state index contributed by atoms with van der Waals surface area (Å²) < 4.78 is 4.88. The molecule has 0 unspecified atom stereocenters. The van der Waals surface area contributed by atoms with Crippen molar-refractivity contribution < 1.29 is 9.53 Å². The molecule has 6 heteroatoms. The number of carbonyl (C=O) groups excluding carboxylic acids is 1. The van der Waals surface area contributed by atoms with Gasteiger partial charge in [0.2, 0.25) is 0 Å². The Kier molecular flexibility index (Phi) is 4.34. The summed E-state index contributed by atoms with van der Waals surface area (Å²) in [4.78, 5) is 15.2. The predicted molar refractivity (Wildman–Crippen MR) is 55.6 cm³/mol. The molecule has 0 saturated carbocycles. The highest BCUT2D eigenvalue weighted by Gasteiger charge is 2.07. The van der Waals surface area contributed by atoms with Crippen LogP contribution in [0.1, 0.15) is 6.92 Å². The summed E-state index contributed by atoms with van der Waals surface area (Å²) in [5.41, 5.74) is 0. The lowest BCUT2D eigenvalue weighted by atomic mass is 10.4. The number of carbonyl (C=O) groups is 1. The fraction of sp³-hybridized carbons (Fsp3) is 0.500. The molecule has 2 amide bonds. The molecule has 14 heavy (non-hydrogen) atoms. The molecule has 0 aliphatic carbocycles. The van der Waals surface area contributed by atoms with E-state index in [1.165, 1.54) is 11.3 Å². The van der Waals surface area contributed by atoms with Crippen LogP contribution in [0.5, 0.6) is 0 Å². The highest BCUT2D eigenvalue weighted by Crippen LogP contribution is 2.09. The molecule has 0 aliphatic rings. The first kappa shape index (κ1) is 10.9. The highest BCUT2D eigenvalue weighted by molar-refractivity contribution is 7.13. The van der Waals surface area contributed by atoms with Crippen molar-refractivity contribution in [2.24, 2.45) is 0 Å². The quantitative estimate of drug-likeness (QED) is 0.795. The molecule has 2 N–H and O–H groups in total. The van der Waals surface area contributed by atoms with E-state index in [1.807, 2.05) is 6.92 Å². The zero-order valence-electron chi connectivity index (χ0n) is 8.11. The molecule has 5 nitrogen and oxygen atoms in total. The van der Waals surface area contributed by atoms with Crippen LogP contribution in [0.3, 0.4) is 0 Å². The normalized spacial score (nSPS) is 12.1. The van der Waals surface area contributed by atoms with Gasteiger partial charge in [0.15, 0.2) is 5.13 Å². The molecule has 0 saturated heterocycles. The second kappa shape index (κ2) is 5.56. The lowest BCUT2D eigenvalue weighted by molar-refractivity contribution is 0.173. The van der Waals surface area contributed by atoms with Crippen molar-refractivity contribution in [3.05, 3.63) is 11.6 Å². The average Bonchev–Trinajstić information content (AvgIpc) is 2.56. The summed E-state index contributed by atoms with van der Waals surface area (Å²) in [5, 5.41) is 7.71. The number of hydrogen-bond acceptors (Lipinski definition) is 4. The zero-order valence-corrected chi connectivity index (χ0v) is 8.93. The Balaban J connectivity index is 2.29. The van der Waals surface area contributed by atoms with E-state index in [1.54, 1.807) is 18.7 Å². The Hall–Kier alpha value is -1.14. The molecule has 0 bridgehead atoms. The molecule has 0 fully saturated rings. The molecule has 1 rings (SSSR count). The molecule has 0 aromatic carbocycles. The minimum absolute atomic E-state index is 0.0139. The van der Waals surface area contributed by atoms with Crippen LogP contribution in [0.15, 0.2) is 11.6 Å². The molecule has 78 valence electrons. The third-order valence-electron chi connectivity index (χ3n) is 1.45. The molecule has 1 aromatic rings. The van der Waals surface area contributed by atoms with Crippen molar-refractivity contribution in [3.8, 4) is 0 Å². The second-order valence-electron chi connectivity index (χ2n) is 2.79. The van der Waals surface area contributed by atoms with Crippen molar-refractivity contribution in [1.29, 1.82) is 0 Å². The summed E-state index contributed by atoms with van der Waals surface area (Å²) in [6.45, 7) is 2.36. The van der Waals surface area contributed by atoms with Crippen LogP contribution in [0.25, 0.3) is 0 Å². The lowest BCUT2D eigenvalue weighted by Crippen LogP contribution is -2.38. The number of nitrogens with zero attached hydrogens (tertiary/aromatic N) is 1. The van der Waals surface area contributed by atoms with E-state index in [2.05, 4.69) is 15.6 Å². The van der Waals surface area contributed by atoms with Crippen LogP contribution in [-0.4, -0.2) is 30.8 Å². The number of urea groups is 1. The Labute approximate surface area is 86.5 Å². The Morgan fingerprint density at radius 1 is 1.79 bits per heavy atom. The number of nitrogens with one attached hydrogen (secondary N) is 2. The predicted octanol–water partition coefficient (Wildman–Crippen LogP) is 1.30. The molecular weight excluding hydrogens is 202 g/mol. The first-order valence-corrected chi connectivity index (χ1v) is 5.06. The first-order chi connectivity index (χ1) is 6.72. The van der Waals surface area contributed by atoms with E-state index in [0.717, 1.165) is 0 Å². The van der Waals surface area contributed by atoms with Crippen LogP contribution >= 0.6 is 11.3 Å². The number of anilines is 1. The molecule has 0 aliphatic heterocycles. The maximum atomic E-state index is 11.3. The maximum Gasteiger partial charge on any atom is 0.321 e. The van der Waals surface area contributed by atoms with Gasteiger partial charge in [0.05, 0.1) is 12.6 Å². The zero-order chi connectivity index (χ0) is 10.4. The largest absolute Gasteiger partial charge is 0.383 e. The van der Waals surface area contributed by atoms with Gasteiger partial charge in [0.1, 0.15) is 0 Å². The summed E-state index contributed by atoms with van der Waals surface area (Å²) >= 11 is 1.38. The fourth-order valence-electron chi connectivity index (χ4n) is 0.934. The topological polar surface area (TPSA) is 63.2 Å². The highest BCUT2D eigenvalue weighted by atomic mass is 32.1. The molecule has 1 aromatic heterocycles. The first-order valence-electron chi connectivity index (χ1n) is 4.18. The van der Waals surface area contributed by atoms with Gasteiger partial charge in [-0.1, -0.05) is 0 Å². The van der Waals surface area contributed by atoms with Crippen LogP contribution in [-0.2, 0) is 4.74 Å². The van der Waals surface area contributed by atoms with E-state index < -0.39 is 0 Å². The smallest absolute Gasteiger partial charge is 0.321 e. The number of thiazole rings is 1. The van der Waals surface area contributed by atoms with E-state index in [4.69, 9.17) is 4.74 Å². The molecule has 1 atom stereocenters. The second-order valence-corrected chi connectivity index (χ2v) is 3.69. The van der Waals surface area contributed by atoms with Crippen molar-refractivity contribution in [2.75, 3.05) is 19.0 Å². The maximum absolute atomic E-state index is 11.3. The third-order valence-corrected chi connectivity index (χ3v) is 2.14. The van der Waals surface area contributed by atoms with Crippen molar-refractivity contribution in [1.82, 2.24) is 10.3 Å².